The molecule has 1 aliphatic rings. The van der Waals surface area contributed by atoms with Crippen molar-refractivity contribution >= 4 is 23.5 Å². The Hall–Kier alpha value is -3.16. The molecule has 0 aliphatic carbocycles. The van der Waals surface area contributed by atoms with Crippen LogP contribution in [-0.4, -0.2) is 52.6 Å². The van der Waals surface area contributed by atoms with Gasteiger partial charge in [0.25, 0.3) is 5.91 Å². The number of carbonyl (C=O) groups excluding carboxylic acids is 2. The van der Waals surface area contributed by atoms with Gasteiger partial charge in [0.2, 0.25) is 0 Å². The second-order valence-electron chi connectivity index (χ2n) is 7.11. The van der Waals surface area contributed by atoms with Crippen molar-refractivity contribution in [1.29, 1.82) is 0 Å². The molecule has 1 aromatic heterocycles. The number of para-hydroxylation sites is 1. The molecule has 0 bridgehead atoms. The summed E-state index contributed by atoms with van der Waals surface area (Å²) in [4.78, 5) is 34.4. The zero-order valence-corrected chi connectivity index (χ0v) is 17.1. The van der Waals surface area contributed by atoms with Gasteiger partial charge in [0, 0.05) is 30.9 Å². The second-order valence-corrected chi connectivity index (χ2v) is 7.11. The lowest BCUT2D eigenvalue weighted by atomic mass is 10.1. The molecule has 1 aliphatic heterocycles. The van der Waals surface area contributed by atoms with Crippen LogP contribution in [0.25, 0.3) is 0 Å². The summed E-state index contributed by atoms with van der Waals surface area (Å²) in [6, 6.07) is 7.69. The Morgan fingerprint density at radius 1 is 1.17 bits per heavy atom. The molecule has 1 fully saturated rings. The number of rotatable bonds is 5. The van der Waals surface area contributed by atoms with Gasteiger partial charge in [-0.2, -0.15) is 0 Å². The highest BCUT2D eigenvalue weighted by Crippen LogP contribution is 2.23. The first kappa shape index (κ1) is 20.6. The second kappa shape index (κ2) is 9.36. The topological polar surface area (TPSA) is 96.5 Å². The molecule has 0 atom stereocenters. The van der Waals surface area contributed by atoms with E-state index in [1.807, 2.05) is 32.0 Å². The third-order valence-corrected chi connectivity index (χ3v) is 4.99. The fraction of sp³-hybridized carbons (Fsp3) is 0.429. The summed E-state index contributed by atoms with van der Waals surface area (Å²) in [7, 11) is 0. The van der Waals surface area contributed by atoms with Crippen LogP contribution in [0.2, 0.25) is 0 Å². The van der Waals surface area contributed by atoms with Crippen molar-refractivity contribution < 1.29 is 14.3 Å². The number of ether oxygens (including phenoxy) is 1. The molecular formula is C21H27N5O3. The molecule has 2 aromatic rings. The van der Waals surface area contributed by atoms with Crippen molar-refractivity contribution in [3.63, 3.8) is 0 Å². The minimum Gasteiger partial charge on any atom is -0.450 e. The molecule has 2 heterocycles. The van der Waals surface area contributed by atoms with Gasteiger partial charge in [-0.1, -0.05) is 18.2 Å². The first-order valence-corrected chi connectivity index (χ1v) is 9.85. The molecule has 0 radical (unpaired) electrons. The van der Waals surface area contributed by atoms with Crippen LogP contribution in [0.3, 0.4) is 0 Å². The minimum absolute atomic E-state index is 0.00170. The molecular weight excluding hydrogens is 370 g/mol. The number of benzene rings is 1. The van der Waals surface area contributed by atoms with Crippen LogP contribution >= 0.6 is 0 Å². The Labute approximate surface area is 170 Å². The summed E-state index contributed by atoms with van der Waals surface area (Å²) >= 11 is 0. The smallest absolute Gasteiger partial charge is 0.409 e. The van der Waals surface area contributed by atoms with Crippen LogP contribution in [-0.2, 0) is 4.74 Å². The zero-order chi connectivity index (χ0) is 20.8. The van der Waals surface area contributed by atoms with E-state index in [-0.39, 0.29) is 18.0 Å². The fourth-order valence-corrected chi connectivity index (χ4v) is 3.37. The van der Waals surface area contributed by atoms with Gasteiger partial charge in [-0.05, 0) is 44.7 Å². The Balaban J connectivity index is 1.60. The van der Waals surface area contributed by atoms with E-state index >= 15 is 0 Å². The molecule has 29 heavy (non-hydrogen) atoms. The molecule has 8 nitrogen and oxygen atoms in total. The summed E-state index contributed by atoms with van der Waals surface area (Å²) in [5.74, 6) is 0.325. The van der Waals surface area contributed by atoms with Crippen molar-refractivity contribution in [1.82, 2.24) is 20.2 Å². The van der Waals surface area contributed by atoms with Crippen molar-refractivity contribution in [2.24, 2.45) is 0 Å². The molecule has 0 saturated carbocycles. The van der Waals surface area contributed by atoms with Gasteiger partial charge in [0.1, 0.15) is 17.8 Å². The molecule has 0 unspecified atom stereocenters. The molecule has 2 N–H and O–H groups in total. The largest absolute Gasteiger partial charge is 0.450 e. The molecule has 3 rings (SSSR count). The van der Waals surface area contributed by atoms with E-state index in [2.05, 4.69) is 20.6 Å². The number of likely N-dealkylation sites (tertiary alicyclic amines) is 1. The van der Waals surface area contributed by atoms with E-state index in [1.165, 1.54) is 6.33 Å². The molecule has 2 amide bonds. The third-order valence-electron chi connectivity index (χ3n) is 4.99. The monoisotopic (exact) mass is 397 g/mol. The van der Waals surface area contributed by atoms with Gasteiger partial charge in [0.05, 0.1) is 6.61 Å². The highest BCUT2D eigenvalue weighted by atomic mass is 16.6. The molecule has 1 aromatic carbocycles. The maximum Gasteiger partial charge on any atom is 0.409 e. The molecule has 0 spiro atoms. The Bertz CT molecular complexity index is 858. The van der Waals surface area contributed by atoms with E-state index in [4.69, 9.17) is 4.74 Å². The average Bonchev–Trinajstić information content (AvgIpc) is 2.72. The number of piperidine rings is 1. The van der Waals surface area contributed by atoms with Crippen LogP contribution in [0.15, 0.2) is 30.6 Å². The number of aryl methyl sites for hydroxylation is 2. The molecule has 1 saturated heterocycles. The lowest BCUT2D eigenvalue weighted by Crippen LogP contribution is -2.46. The summed E-state index contributed by atoms with van der Waals surface area (Å²) in [5, 5.41) is 6.29. The maximum absolute atomic E-state index is 12.6. The number of hydrogen-bond donors (Lipinski definition) is 2. The lowest BCUT2D eigenvalue weighted by Gasteiger charge is -2.31. The predicted molar refractivity (Wildman–Crippen MR) is 110 cm³/mol. The van der Waals surface area contributed by atoms with Gasteiger partial charge in [-0.25, -0.2) is 14.8 Å². The van der Waals surface area contributed by atoms with Crippen LogP contribution in [0.4, 0.5) is 16.3 Å². The quantitative estimate of drug-likeness (QED) is 0.804. The van der Waals surface area contributed by atoms with Crippen LogP contribution in [0, 0.1) is 13.8 Å². The van der Waals surface area contributed by atoms with Gasteiger partial charge < -0.3 is 20.3 Å². The Morgan fingerprint density at radius 2 is 1.86 bits per heavy atom. The van der Waals surface area contributed by atoms with E-state index in [1.54, 1.807) is 17.9 Å². The van der Waals surface area contributed by atoms with Gasteiger partial charge >= 0.3 is 6.09 Å². The standard InChI is InChI=1S/C21H27N5O3/c1-4-29-21(28)26-10-8-16(9-11-26)24-20(27)17-12-18(23-13-22-17)25-19-14(2)6-5-7-15(19)3/h5-7,12-13,16H,4,8-11H2,1-3H3,(H,24,27)(H,22,23,25). The van der Waals surface area contributed by atoms with Crippen LogP contribution in [0.5, 0.6) is 0 Å². The van der Waals surface area contributed by atoms with E-state index in [9.17, 15) is 9.59 Å². The SMILES string of the molecule is CCOC(=O)N1CCC(NC(=O)c2cc(Nc3c(C)cccc3C)ncn2)CC1. The van der Waals surface area contributed by atoms with E-state index in [0.29, 0.717) is 44.0 Å². The first-order chi connectivity index (χ1) is 14.0. The molecule has 8 heteroatoms. The van der Waals surface area contributed by atoms with Gasteiger partial charge in [-0.15, -0.1) is 0 Å². The fourth-order valence-electron chi connectivity index (χ4n) is 3.37. The van der Waals surface area contributed by atoms with Crippen molar-refractivity contribution in [2.45, 2.75) is 39.7 Å². The number of carbonyl (C=O) groups is 2. The minimum atomic E-state index is -0.296. The predicted octanol–water partition coefficient (Wildman–Crippen LogP) is 3.19. The normalized spacial score (nSPS) is 14.4. The third kappa shape index (κ3) is 5.22. The van der Waals surface area contributed by atoms with Gasteiger partial charge in [-0.3, -0.25) is 4.79 Å². The van der Waals surface area contributed by atoms with E-state index < -0.39 is 0 Å². The summed E-state index contributed by atoms with van der Waals surface area (Å²) in [6.45, 7) is 7.32. The number of nitrogens with one attached hydrogen (secondary N) is 2. The number of anilines is 2. The Kier molecular flexibility index (Phi) is 6.64. The first-order valence-electron chi connectivity index (χ1n) is 9.85. The van der Waals surface area contributed by atoms with E-state index in [0.717, 1.165) is 16.8 Å². The Morgan fingerprint density at radius 3 is 2.52 bits per heavy atom. The maximum atomic E-state index is 12.6. The van der Waals surface area contributed by atoms with Crippen molar-refractivity contribution in [2.75, 3.05) is 25.0 Å². The summed E-state index contributed by atoms with van der Waals surface area (Å²) in [5.41, 5.74) is 3.48. The summed E-state index contributed by atoms with van der Waals surface area (Å²) < 4.78 is 5.02. The highest BCUT2D eigenvalue weighted by molar-refractivity contribution is 5.93. The number of hydrogen-bond acceptors (Lipinski definition) is 6. The average molecular weight is 397 g/mol. The summed E-state index contributed by atoms with van der Waals surface area (Å²) in [6.07, 6.45) is 2.45. The molecule has 154 valence electrons. The zero-order valence-electron chi connectivity index (χ0n) is 17.1. The highest BCUT2D eigenvalue weighted by Gasteiger charge is 2.25. The van der Waals surface area contributed by atoms with Crippen LogP contribution in [0.1, 0.15) is 41.4 Å². The van der Waals surface area contributed by atoms with Crippen molar-refractivity contribution in [3.8, 4) is 0 Å². The van der Waals surface area contributed by atoms with Crippen LogP contribution < -0.4 is 10.6 Å². The van der Waals surface area contributed by atoms with Gasteiger partial charge in [0.15, 0.2) is 0 Å². The number of aromatic nitrogens is 2. The number of nitrogens with zero attached hydrogens (tertiary/aromatic N) is 3. The van der Waals surface area contributed by atoms with Crippen molar-refractivity contribution in [3.05, 3.63) is 47.4 Å². The number of amides is 2. The lowest BCUT2D eigenvalue weighted by molar-refractivity contribution is 0.0856.